The molecule has 6 heteroatoms. The van der Waals surface area contributed by atoms with Crippen LogP contribution in [0.3, 0.4) is 0 Å². The zero-order valence-corrected chi connectivity index (χ0v) is 16.2. The minimum absolute atomic E-state index is 0.00493. The lowest BCUT2D eigenvalue weighted by molar-refractivity contribution is 0.0688. The number of hydrogen-bond donors (Lipinski definition) is 1. The molecule has 6 nitrogen and oxygen atoms in total. The van der Waals surface area contributed by atoms with Crippen LogP contribution in [-0.4, -0.2) is 40.2 Å². The number of nitrogens with zero attached hydrogens (tertiary/aromatic N) is 2. The molecule has 0 atom stereocenters. The number of rotatable bonds is 3. The molecule has 0 saturated carbocycles. The number of aromatic nitrogens is 1. The van der Waals surface area contributed by atoms with Gasteiger partial charge in [-0.05, 0) is 28.3 Å². The van der Waals surface area contributed by atoms with Gasteiger partial charge in [-0.15, -0.1) is 0 Å². The molecule has 5 rings (SSSR count). The van der Waals surface area contributed by atoms with E-state index in [9.17, 15) is 14.7 Å². The second kappa shape index (κ2) is 7.30. The SMILES string of the molecule is O=C(O)c1ccnc2c1CN(C(=O)OCC1c3ccccc3-c3ccccc31)CC2. The smallest absolute Gasteiger partial charge is 0.410 e. The van der Waals surface area contributed by atoms with E-state index in [4.69, 9.17) is 4.74 Å². The summed E-state index contributed by atoms with van der Waals surface area (Å²) in [5.74, 6) is -1.02. The molecule has 150 valence electrons. The third-order valence-electron chi connectivity index (χ3n) is 5.94. The second-order valence-electron chi connectivity index (χ2n) is 7.56. The van der Waals surface area contributed by atoms with Gasteiger partial charge in [0.1, 0.15) is 6.61 Å². The molecule has 0 unspecified atom stereocenters. The number of benzene rings is 2. The summed E-state index contributed by atoms with van der Waals surface area (Å²) in [5.41, 5.74) is 6.19. The van der Waals surface area contributed by atoms with E-state index in [0.717, 1.165) is 16.8 Å². The first-order valence-corrected chi connectivity index (χ1v) is 9.93. The molecular formula is C24H20N2O4. The molecule has 0 spiro atoms. The van der Waals surface area contributed by atoms with E-state index >= 15 is 0 Å². The lowest BCUT2D eigenvalue weighted by Gasteiger charge is -2.29. The van der Waals surface area contributed by atoms with Crippen LogP contribution in [-0.2, 0) is 17.7 Å². The van der Waals surface area contributed by atoms with Crippen molar-refractivity contribution in [3.63, 3.8) is 0 Å². The molecule has 2 heterocycles. The zero-order valence-electron chi connectivity index (χ0n) is 16.2. The number of fused-ring (bicyclic) bond motifs is 4. The van der Waals surface area contributed by atoms with Crippen molar-refractivity contribution in [1.29, 1.82) is 0 Å². The third-order valence-corrected chi connectivity index (χ3v) is 5.94. The minimum atomic E-state index is -1.01. The molecule has 1 amide bonds. The van der Waals surface area contributed by atoms with Crippen LogP contribution in [0.5, 0.6) is 0 Å². The Labute approximate surface area is 173 Å². The Morgan fingerprint density at radius 2 is 1.70 bits per heavy atom. The van der Waals surface area contributed by atoms with Crippen molar-refractivity contribution in [2.45, 2.75) is 18.9 Å². The van der Waals surface area contributed by atoms with Crippen LogP contribution in [0.2, 0.25) is 0 Å². The summed E-state index contributed by atoms with van der Waals surface area (Å²) in [4.78, 5) is 30.2. The number of pyridine rings is 1. The summed E-state index contributed by atoms with van der Waals surface area (Å²) < 4.78 is 5.71. The van der Waals surface area contributed by atoms with E-state index in [1.165, 1.54) is 23.4 Å². The van der Waals surface area contributed by atoms with Gasteiger partial charge in [0.25, 0.3) is 0 Å². The highest BCUT2D eigenvalue weighted by Gasteiger charge is 2.31. The average Bonchev–Trinajstić information content (AvgIpc) is 3.10. The number of amides is 1. The van der Waals surface area contributed by atoms with Crippen LogP contribution in [0.4, 0.5) is 4.79 Å². The largest absolute Gasteiger partial charge is 0.478 e. The van der Waals surface area contributed by atoms with Crippen molar-refractivity contribution in [1.82, 2.24) is 9.88 Å². The Morgan fingerprint density at radius 3 is 2.37 bits per heavy atom. The molecule has 0 radical (unpaired) electrons. The Hall–Kier alpha value is -3.67. The monoisotopic (exact) mass is 400 g/mol. The molecule has 1 aliphatic carbocycles. The quantitative estimate of drug-likeness (QED) is 0.716. The van der Waals surface area contributed by atoms with Crippen molar-refractivity contribution in [2.24, 2.45) is 0 Å². The number of carboxylic acid groups (broad SMARTS) is 1. The summed E-state index contributed by atoms with van der Waals surface area (Å²) in [6.07, 6.45) is 1.59. The van der Waals surface area contributed by atoms with Gasteiger partial charge in [0.05, 0.1) is 12.1 Å². The molecule has 3 aromatic rings. The molecule has 0 fully saturated rings. The van der Waals surface area contributed by atoms with Crippen LogP contribution < -0.4 is 0 Å². The van der Waals surface area contributed by atoms with Gasteiger partial charge < -0.3 is 14.7 Å². The predicted molar refractivity (Wildman–Crippen MR) is 110 cm³/mol. The van der Waals surface area contributed by atoms with Crippen molar-refractivity contribution in [2.75, 3.05) is 13.2 Å². The Morgan fingerprint density at radius 1 is 1.03 bits per heavy atom. The van der Waals surface area contributed by atoms with Gasteiger partial charge in [-0.3, -0.25) is 4.98 Å². The topological polar surface area (TPSA) is 79.7 Å². The van der Waals surface area contributed by atoms with Crippen molar-refractivity contribution < 1.29 is 19.4 Å². The second-order valence-corrected chi connectivity index (χ2v) is 7.56. The molecule has 0 bridgehead atoms. The van der Waals surface area contributed by atoms with Gasteiger partial charge in [-0.1, -0.05) is 48.5 Å². The summed E-state index contributed by atoms with van der Waals surface area (Å²) in [7, 11) is 0. The summed E-state index contributed by atoms with van der Waals surface area (Å²) in [5, 5.41) is 9.44. The van der Waals surface area contributed by atoms with Crippen molar-refractivity contribution in [3.8, 4) is 11.1 Å². The fourth-order valence-corrected chi connectivity index (χ4v) is 4.48. The minimum Gasteiger partial charge on any atom is -0.478 e. The third kappa shape index (κ3) is 3.01. The van der Waals surface area contributed by atoms with Crippen molar-refractivity contribution >= 4 is 12.1 Å². The lowest BCUT2D eigenvalue weighted by atomic mass is 9.98. The first kappa shape index (κ1) is 18.4. The van der Waals surface area contributed by atoms with Gasteiger partial charge >= 0.3 is 12.1 Å². The summed E-state index contributed by atoms with van der Waals surface area (Å²) in [6.45, 7) is 0.899. The predicted octanol–water partition coefficient (Wildman–Crippen LogP) is 4.09. The van der Waals surface area contributed by atoms with Gasteiger partial charge in [0.2, 0.25) is 0 Å². The maximum Gasteiger partial charge on any atom is 0.410 e. The number of ether oxygens (including phenoxy) is 1. The molecule has 1 N–H and O–H groups in total. The summed E-state index contributed by atoms with van der Waals surface area (Å²) >= 11 is 0. The molecule has 2 aliphatic rings. The van der Waals surface area contributed by atoms with Crippen LogP contribution >= 0.6 is 0 Å². The number of aromatic carboxylic acids is 1. The first-order chi connectivity index (χ1) is 14.6. The average molecular weight is 400 g/mol. The lowest BCUT2D eigenvalue weighted by Crippen LogP contribution is -2.38. The fourth-order valence-electron chi connectivity index (χ4n) is 4.48. The van der Waals surface area contributed by atoms with E-state index in [2.05, 4.69) is 29.2 Å². The number of carboxylic acids is 1. The van der Waals surface area contributed by atoms with E-state index in [1.807, 2.05) is 24.3 Å². The fraction of sp³-hybridized carbons (Fsp3) is 0.208. The molecule has 1 aromatic heterocycles. The Bertz CT molecular complexity index is 1110. The highest BCUT2D eigenvalue weighted by molar-refractivity contribution is 5.89. The molecule has 2 aromatic carbocycles. The molecule has 1 aliphatic heterocycles. The Balaban J connectivity index is 1.34. The van der Waals surface area contributed by atoms with Crippen LogP contribution in [0.25, 0.3) is 11.1 Å². The molecule has 0 saturated heterocycles. The van der Waals surface area contributed by atoms with Crippen LogP contribution in [0.1, 0.15) is 38.7 Å². The van der Waals surface area contributed by atoms with E-state index < -0.39 is 12.1 Å². The first-order valence-electron chi connectivity index (χ1n) is 9.93. The Kier molecular flexibility index (Phi) is 4.47. The number of hydrogen-bond acceptors (Lipinski definition) is 4. The van der Waals surface area contributed by atoms with Crippen LogP contribution in [0.15, 0.2) is 60.8 Å². The van der Waals surface area contributed by atoms with Crippen molar-refractivity contribution in [3.05, 3.63) is 88.7 Å². The number of carbonyl (C=O) groups excluding carboxylic acids is 1. The normalized spacial score (nSPS) is 14.6. The van der Waals surface area contributed by atoms with Gasteiger partial charge in [-0.25, -0.2) is 9.59 Å². The van der Waals surface area contributed by atoms with Gasteiger partial charge in [-0.2, -0.15) is 0 Å². The number of carbonyl (C=O) groups is 2. The maximum absolute atomic E-state index is 12.8. The summed E-state index contributed by atoms with van der Waals surface area (Å²) in [6, 6.07) is 17.9. The van der Waals surface area contributed by atoms with Crippen LogP contribution in [0, 0.1) is 0 Å². The van der Waals surface area contributed by atoms with Gasteiger partial charge in [0.15, 0.2) is 0 Å². The highest BCUT2D eigenvalue weighted by Crippen LogP contribution is 2.44. The van der Waals surface area contributed by atoms with E-state index in [0.29, 0.717) is 18.5 Å². The highest BCUT2D eigenvalue weighted by atomic mass is 16.6. The standard InChI is InChI=1S/C24H20N2O4/c27-23(28)19-9-11-25-22-10-12-26(13-20(19)22)24(29)30-14-21-17-7-3-1-5-15(17)16-6-2-4-8-18(16)21/h1-9,11,21H,10,12-14H2,(H,27,28). The van der Waals surface area contributed by atoms with E-state index in [1.54, 1.807) is 4.90 Å². The zero-order chi connectivity index (χ0) is 20.7. The molecule has 30 heavy (non-hydrogen) atoms. The molecular weight excluding hydrogens is 380 g/mol. The van der Waals surface area contributed by atoms with E-state index in [-0.39, 0.29) is 24.6 Å². The van der Waals surface area contributed by atoms with Gasteiger partial charge in [0, 0.05) is 36.3 Å². The maximum atomic E-state index is 12.8.